The van der Waals surface area contributed by atoms with Crippen LogP contribution in [0.3, 0.4) is 0 Å². The SMILES string of the molecule is CC(C)C(CCC(C)C1CCC2C3CCC4CCCCC4(C)C3CCC12C)CC(=O)O.NNNF. The smallest absolute Gasteiger partial charge is 0.303 e. The quantitative estimate of drug-likeness (QED) is 0.165. The van der Waals surface area contributed by atoms with Gasteiger partial charge in [-0.05, 0) is 116 Å². The highest BCUT2D eigenvalue weighted by molar-refractivity contribution is 5.67. The molecule has 35 heavy (non-hydrogen) atoms. The molecular weight excluding hydrogens is 441 g/mol. The standard InChI is InChI=1S/C29H50O2.FH4N3/c1-19(2)21(18-27(30)31)10-9-20(3)24-13-14-25-23-12-11-22-8-6-7-16-28(22,4)26(23)15-17-29(24,25)5;1-3-4-2/h19-26H,6-18H2,1-5H3,(H,30,31);3-4H,2H2. The Balaban J connectivity index is 0.000000795. The minimum absolute atomic E-state index is 0.335. The molecule has 9 unspecified atom stereocenters. The first-order chi connectivity index (χ1) is 16.6. The van der Waals surface area contributed by atoms with Gasteiger partial charge in [-0.15, -0.1) is 4.48 Å². The van der Waals surface area contributed by atoms with E-state index in [2.05, 4.69) is 40.5 Å². The summed E-state index contributed by atoms with van der Waals surface area (Å²) in [6, 6.07) is 0. The van der Waals surface area contributed by atoms with Gasteiger partial charge in [-0.3, -0.25) is 10.6 Å². The zero-order chi connectivity index (χ0) is 25.8. The Bertz CT molecular complexity index is 689. The highest BCUT2D eigenvalue weighted by Crippen LogP contribution is 2.68. The molecule has 0 amide bonds. The Morgan fingerprint density at radius 1 is 0.971 bits per heavy atom. The van der Waals surface area contributed by atoms with Crippen LogP contribution in [0.1, 0.15) is 118 Å². The van der Waals surface area contributed by atoms with Gasteiger partial charge in [0.2, 0.25) is 0 Å². The van der Waals surface area contributed by atoms with Crippen LogP contribution >= 0.6 is 0 Å². The molecule has 0 aliphatic heterocycles. The second kappa shape index (κ2) is 12.2. The summed E-state index contributed by atoms with van der Waals surface area (Å²) in [5.74, 6) is 10.0. The Kier molecular flexibility index (Phi) is 10.1. The lowest BCUT2D eigenvalue weighted by atomic mass is 9.44. The predicted molar refractivity (Wildman–Crippen MR) is 140 cm³/mol. The largest absolute Gasteiger partial charge is 0.481 e. The third-order valence-electron chi connectivity index (χ3n) is 11.8. The van der Waals surface area contributed by atoms with E-state index in [1.165, 1.54) is 76.2 Å². The summed E-state index contributed by atoms with van der Waals surface area (Å²) in [6.45, 7) is 12.3. The summed E-state index contributed by atoms with van der Waals surface area (Å²) in [4.78, 5) is 11.3. The van der Waals surface area contributed by atoms with Crippen molar-refractivity contribution in [2.24, 2.45) is 64.0 Å². The first-order valence-corrected chi connectivity index (χ1v) is 14.6. The predicted octanol–water partition coefficient (Wildman–Crippen LogP) is 7.04. The fourth-order valence-corrected chi connectivity index (χ4v) is 9.84. The van der Waals surface area contributed by atoms with Gasteiger partial charge in [0.25, 0.3) is 0 Å². The van der Waals surface area contributed by atoms with E-state index in [4.69, 9.17) is 0 Å². The summed E-state index contributed by atoms with van der Waals surface area (Å²) in [7, 11) is 0. The van der Waals surface area contributed by atoms with E-state index in [9.17, 15) is 14.4 Å². The molecule has 0 spiro atoms. The molecule has 204 valence electrons. The lowest BCUT2D eigenvalue weighted by Gasteiger charge is -2.61. The van der Waals surface area contributed by atoms with Gasteiger partial charge >= 0.3 is 5.97 Å². The maximum Gasteiger partial charge on any atom is 0.303 e. The Hall–Kier alpha value is -0.720. The lowest BCUT2D eigenvalue weighted by molar-refractivity contribution is -0.138. The molecule has 9 atom stereocenters. The average molecular weight is 496 g/mol. The Morgan fingerprint density at radius 2 is 1.66 bits per heavy atom. The molecular formula is C29H54FN3O2. The van der Waals surface area contributed by atoms with Gasteiger partial charge < -0.3 is 5.11 Å². The molecule has 0 heterocycles. The van der Waals surface area contributed by atoms with Crippen molar-refractivity contribution in [2.45, 2.75) is 118 Å². The molecule has 4 aliphatic carbocycles. The van der Waals surface area contributed by atoms with Crippen LogP contribution in [0.25, 0.3) is 0 Å². The van der Waals surface area contributed by atoms with Crippen LogP contribution in [0.5, 0.6) is 0 Å². The fourth-order valence-electron chi connectivity index (χ4n) is 9.84. The summed E-state index contributed by atoms with van der Waals surface area (Å²) in [6.07, 6.45) is 17.5. The number of hydrogen-bond donors (Lipinski definition) is 4. The van der Waals surface area contributed by atoms with Gasteiger partial charge in [0.1, 0.15) is 0 Å². The van der Waals surface area contributed by atoms with E-state index < -0.39 is 5.97 Å². The van der Waals surface area contributed by atoms with E-state index in [0.29, 0.717) is 29.1 Å². The first kappa shape index (κ1) is 28.8. The lowest BCUT2D eigenvalue weighted by Crippen LogP contribution is -2.53. The molecule has 0 saturated heterocycles. The molecule has 4 rings (SSSR count). The molecule has 5 N–H and O–H groups in total. The van der Waals surface area contributed by atoms with Crippen molar-refractivity contribution < 1.29 is 14.4 Å². The summed E-state index contributed by atoms with van der Waals surface area (Å²) >= 11 is 0. The van der Waals surface area contributed by atoms with E-state index in [0.717, 1.165) is 47.6 Å². The molecule has 0 aromatic carbocycles. The number of aliphatic carboxylic acids is 1. The van der Waals surface area contributed by atoms with Crippen LogP contribution in [-0.2, 0) is 4.79 Å². The third-order valence-corrected chi connectivity index (χ3v) is 11.8. The minimum atomic E-state index is -0.621. The normalized spacial score (nSPS) is 40.1. The van der Waals surface area contributed by atoms with Gasteiger partial charge in [-0.25, -0.2) is 0 Å². The number of carboxylic acid groups (broad SMARTS) is 1. The maximum atomic E-state index is 11.3. The van der Waals surface area contributed by atoms with Crippen molar-refractivity contribution in [1.29, 1.82) is 0 Å². The van der Waals surface area contributed by atoms with Crippen molar-refractivity contribution in [3.8, 4) is 0 Å². The van der Waals surface area contributed by atoms with Crippen molar-refractivity contribution in [3.05, 3.63) is 0 Å². The molecule has 4 aliphatic rings. The molecule has 0 bridgehead atoms. The van der Waals surface area contributed by atoms with Crippen LogP contribution in [0.15, 0.2) is 0 Å². The number of carboxylic acids is 1. The van der Waals surface area contributed by atoms with Crippen molar-refractivity contribution in [1.82, 2.24) is 11.2 Å². The van der Waals surface area contributed by atoms with Crippen LogP contribution in [-0.4, -0.2) is 11.1 Å². The number of carbonyl (C=O) groups is 1. The van der Waals surface area contributed by atoms with Crippen LogP contribution < -0.4 is 17.0 Å². The maximum absolute atomic E-state index is 11.3. The topological polar surface area (TPSA) is 87.4 Å². The van der Waals surface area contributed by atoms with Gasteiger partial charge in [0.05, 0.1) is 0 Å². The number of fused-ring (bicyclic) bond motifs is 5. The van der Waals surface area contributed by atoms with Crippen molar-refractivity contribution >= 4 is 5.97 Å². The van der Waals surface area contributed by atoms with Crippen LogP contribution in [0.2, 0.25) is 0 Å². The summed E-state index contributed by atoms with van der Waals surface area (Å²) < 4.78 is 10.2. The van der Waals surface area contributed by atoms with Crippen molar-refractivity contribution in [3.63, 3.8) is 0 Å². The number of hydrogen-bond acceptors (Lipinski definition) is 4. The molecule has 0 aromatic heterocycles. The van der Waals surface area contributed by atoms with Crippen LogP contribution in [0, 0.1) is 58.2 Å². The number of hydrazine groups is 2. The zero-order valence-electron chi connectivity index (χ0n) is 23.1. The van der Waals surface area contributed by atoms with Gasteiger partial charge in [0.15, 0.2) is 0 Å². The highest BCUT2D eigenvalue weighted by Gasteiger charge is 2.60. The van der Waals surface area contributed by atoms with E-state index in [-0.39, 0.29) is 0 Å². The second-order valence-electron chi connectivity index (χ2n) is 13.5. The van der Waals surface area contributed by atoms with Gasteiger partial charge in [-0.2, -0.15) is 5.53 Å². The molecule has 4 fully saturated rings. The molecule has 5 nitrogen and oxygen atoms in total. The Labute approximate surface area is 213 Å². The highest BCUT2D eigenvalue weighted by atomic mass is 19.2. The van der Waals surface area contributed by atoms with E-state index >= 15 is 0 Å². The fraction of sp³-hybridized carbons (Fsp3) is 0.966. The molecule has 4 saturated carbocycles. The monoisotopic (exact) mass is 495 g/mol. The molecule has 0 aromatic rings. The number of halogens is 1. The van der Waals surface area contributed by atoms with Gasteiger partial charge in [-0.1, -0.05) is 59.5 Å². The molecule has 0 radical (unpaired) electrons. The second-order valence-corrected chi connectivity index (χ2v) is 13.5. The zero-order valence-corrected chi connectivity index (χ0v) is 23.1. The summed E-state index contributed by atoms with van der Waals surface area (Å²) in [5, 5.41) is 9.32. The Morgan fingerprint density at radius 3 is 2.29 bits per heavy atom. The third kappa shape index (κ3) is 6.06. The van der Waals surface area contributed by atoms with Gasteiger partial charge in [0, 0.05) is 6.42 Å². The van der Waals surface area contributed by atoms with E-state index in [1.54, 1.807) is 0 Å². The first-order valence-electron chi connectivity index (χ1n) is 14.6. The molecule has 6 heteroatoms. The van der Waals surface area contributed by atoms with E-state index in [1.807, 2.05) is 0 Å². The summed E-state index contributed by atoms with van der Waals surface area (Å²) in [5.41, 5.74) is 3.66. The number of nitrogens with one attached hydrogen (secondary N) is 2. The number of rotatable bonds is 8. The average Bonchev–Trinajstić information content (AvgIpc) is 3.18. The minimum Gasteiger partial charge on any atom is -0.481 e. The van der Waals surface area contributed by atoms with Crippen molar-refractivity contribution in [2.75, 3.05) is 0 Å². The number of nitrogens with two attached hydrogens (primary N) is 1. The van der Waals surface area contributed by atoms with Crippen LogP contribution in [0.4, 0.5) is 4.48 Å².